The molecule has 0 spiro atoms. The van der Waals surface area contributed by atoms with E-state index in [9.17, 15) is 14.3 Å². The average molecular weight is 189 g/mol. The first kappa shape index (κ1) is 8.74. The second-order valence-electron chi connectivity index (χ2n) is 3.74. The minimum atomic E-state index is -1.41. The molecule has 0 radical (unpaired) electrons. The van der Waals surface area contributed by atoms with Gasteiger partial charge in [-0.1, -0.05) is 0 Å². The van der Waals surface area contributed by atoms with Gasteiger partial charge in [-0.15, -0.1) is 0 Å². The van der Waals surface area contributed by atoms with Gasteiger partial charge in [-0.2, -0.15) is 0 Å². The summed E-state index contributed by atoms with van der Waals surface area (Å²) >= 11 is 0. The lowest BCUT2D eigenvalue weighted by atomic mass is 9.99. The van der Waals surface area contributed by atoms with Gasteiger partial charge in [0, 0.05) is 6.04 Å². The number of piperidine rings is 1. The second kappa shape index (κ2) is 2.83. The first-order valence-corrected chi connectivity index (χ1v) is 4.44. The highest BCUT2D eigenvalue weighted by Gasteiger charge is 2.49. The number of amides is 1. The molecular formula is C8H12FNO3. The lowest BCUT2D eigenvalue weighted by molar-refractivity contribution is -0.0266. The second-order valence-corrected chi connectivity index (χ2v) is 3.74. The Hall–Kier alpha value is -0.840. The molecule has 4 atom stereocenters. The van der Waals surface area contributed by atoms with E-state index in [1.165, 1.54) is 0 Å². The molecule has 74 valence electrons. The number of hydrogen-bond acceptors (Lipinski definition) is 2. The third-order valence-corrected chi connectivity index (χ3v) is 3.02. The van der Waals surface area contributed by atoms with Crippen molar-refractivity contribution in [3.8, 4) is 0 Å². The lowest BCUT2D eigenvalue weighted by Gasteiger charge is -2.37. The number of carboxylic acid groups (broad SMARTS) is 1. The number of fused-ring (bicyclic) bond motifs is 2. The Kier molecular flexibility index (Phi) is 1.91. The van der Waals surface area contributed by atoms with E-state index in [2.05, 4.69) is 0 Å². The summed E-state index contributed by atoms with van der Waals surface area (Å²) in [6.45, 7) is 0. The van der Waals surface area contributed by atoms with Crippen molar-refractivity contribution >= 4 is 6.09 Å². The Balaban J connectivity index is 2.21. The largest absolute Gasteiger partial charge is 0.465 e. The molecule has 1 amide bonds. The summed E-state index contributed by atoms with van der Waals surface area (Å²) in [7, 11) is 0. The Morgan fingerprint density at radius 2 is 2.15 bits per heavy atom. The quantitative estimate of drug-likeness (QED) is 0.586. The monoisotopic (exact) mass is 189 g/mol. The third-order valence-electron chi connectivity index (χ3n) is 3.02. The van der Waals surface area contributed by atoms with Crippen LogP contribution in [0.15, 0.2) is 0 Å². The van der Waals surface area contributed by atoms with Crippen molar-refractivity contribution in [3.63, 3.8) is 0 Å². The number of aliphatic hydroxyl groups is 1. The van der Waals surface area contributed by atoms with Gasteiger partial charge < -0.3 is 10.2 Å². The number of nitrogens with zero attached hydrogens (tertiary/aromatic N) is 1. The van der Waals surface area contributed by atoms with Crippen LogP contribution in [0.2, 0.25) is 0 Å². The molecule has 2 aliphatic heterocycles. The van der Waals surface area contributed by atoms with Gasteiger partial charge in [0.15, 0.2) is 0 Å². The number of aliphatic hydroxyl groups excluding tert-OH is 1. The molecule has 0 saturated carbocycles. The standard InChI is InChI=1S/C8H12FNO3/c9-7-5-2-1-4(3-6(7)11)10(5)8(12)13/h4-7,11H,1-3H2,(H,12,13). The van der Waals surface area contributed by atoms with Crippen molar-refractivity contribution in [1.82, 2.24) is 4.90 Å². The van der Waals surface area contributed by atoms with Crippen LogP contribution in [-0.4, -0.2) is 45.6 Å². The SMILES string of the molecule is O=C(O)N1C2CCC1C(F)C(O)C2. The molecule has 2 saturated heterocycles. The van der Waals surface area contributed by atoms with Crippen molar-refractivity contribution in [2.45, 2.75) is 43.6 Å². The maximum absolute atomic E-state index is 13.3. The molecule has 4 nitrogen and oxygen atoms in total. The molecule has 2 fully saturated rings. The fourth-order valence-electron chi connectivity index (χ4n) is 2.42. The minimum absolute atomic E-state index is 0.176. The van der Waals surface area contributed by atoms with Gasteiger partial charge in [-0.25, -0.2) is 9.18 Å². The average Bonchev–Trinajstić information content (AvgIpc) is 2.40. The smallest absolute Gasteiger partial charge is 0.407 e. The Morgan fingerprint density at radius 1 is 1.46 bits per heavy atom. The molecular weight excluding hydrogens is 177 g/mol. The summed E-state index contributed by atoms with van der Waals surface area (Å²) in [5.41, 5.74) is 0. The van der Waals surface area contributed by atoms with Crippen molar-refractivity contribution in [2.75, 3.05) is 0 Å². The van der Waals surface area contributed by atoms with Crippen molar-refractivity contribution < 1.29 is 19.4 Å². The van der Waals surface area contributed by atoms with Crippen LogP contribution in [0.25, 0.3) is 0 Å². The van der Waals surface area contributed by atoms with Gasteiger partial charge in [0.1, 0.15) is 6.17 Å². The first-order valence-electron chi connectivity index (χ1n) is 4.44. The number of alkyl halides is 1. The molecule has 0 aromatic carbocycles. The normalized spacial score (nSPS) is 43.7. The molecule has 2 aliphatic rings. The Morgan fingerprint density at radius 3 is 2.77 bits per heavy atom. The van der Waals surface area contributed by atoms with E-state index in [-0.39, 0.29) is 12.5 Å². The lowest BCUT2D eigenvalue weighted by Crippen LogP contribution is -2.54. The maximum atomic E-state index is 13.3. The highest BCUT2D eigenvalue weighted by Crippen LogP contribution is 2.37. The fraction of sp³-hybridized carbons (Fsp3) is 0.875. The van der Waals surface area contributed by atoms with Gasteiger partial charge >= 0.3 is 6.09 Å². The zero-order valence-electron chi connectivity index (χ0n) is 7.06. The van der Waals surface area contributed by atoms with Gasteiger partial charge in [-0.05, 0) is 19.3 Å². The molecule has 4 unspecified atom stereocenters. The number of rotatable bonds is 0. The summed E-state index contributed by atoms with van der Waals surface area (Å²) in [4.78, 5) is 11.9. The Bertz CT molecular complexity index is 235. The van der Waals surface area contributed by atoms with Crippen LogP contribution in [-0.2, 0) is 0 Å². The van der Waals surface area contributed by atoms with Crippen LogP contribution < -0.4 is 0 Å². The van der Waals surface area contributed by atoms with E-state index >= 15 is 0 Å². The molecule has 2 heterocycles. The molecule has 0 aromatic heterocycles. The zero-order valence-corrected chi connectivity index (χ0v) is 7.06. The highest BCUT2D eigenvalue weighted by molar-refractivity contribution is 5.66. The zero-order chi connectivity index (χ0) is 9.59. The summed E-state index contributed by atoms with van der Waals surface area (Å²) in [5, 5.41) is 18.1. The van der Waals surface area contributed by atoms with Crippen LogP contribution in [0.3, 0.4) is 0 Å². The van der Waals surface area contributed by atoms with E-state index in [0.717, 1.165) is 4.90 Å². The molecule has 2 bridgehead atoms. The molecule has 2 N–H and O–H groups in total. The van der Waals surface area contributed by atoms with Crippen LogP contribution in [0.4, 0.5) is 9.18 Å². The van der Waals surface area contributed by atoms with Crippen LogP contribution >= 0.6 is 0 Å². The number of halogens is 1. The van der Waals surface area contributed by atoms with E-state index in [0.29, 0.717) is 12.8 Å². The summed E-state index contributed by atoms with van der Waals surface area (Å²) in [6, 6.07) is -0.796. The highest BCUT2D eigenvalue weighted by atomic mass is 19.1. The van der Waals surface area contributed by atoms with Gasteiger partial charge in [0.05, 0.1) is 12.1 Å². The van der Waals surface area contributed by atoms with Gasteiger partial charge in [0.2, 0.25) is 0 Å². The van der Waals surface area contributed by atoms with Crippen LogP contribution in [0, 0.1) is 0 Å². The molecule has 0 aliphatic carbocycles. The van der Waals surface area contributed by atoms with E-state index < -0.39 is 24.4 Å². The summed E-state index contributed by atoms with van der Waals surface area (Å²) < 4.78 is 13.3. The van der Waals surface area contributed by atoms with Gasteiger partial charge in [0.25, 0.3) is 0 Å². The van der Waals surface area contributed by atoms with E-state index in [1.54, 1.807) is 0 Å². The predicted molar refractivity (Wildman–Crippen MR) is 42.2 cm³/mol. The third kappa shape index (κ3) is 1.18. The van der Waals surface area contributed by atoms with Crippen molar-refractivity contribution in [2.24, 2.45) is 0 Å². The maximum Gasteiger partial charge on any atom is 0.407 e. The van der Waals surface area contributed by atoms with Crippen molar-refractivity contribution in [3.05, 3.63) is 0 Å². The van der Waals surface area contributed by atoms with E-state index in [1.807, 2.05) is 0 Å². The van der Waals surface area contributed by atoms with E-state index in [4.69, 9.17) is 5.11 Å². The molecule has 5 heteroatoms. The number of hydrogen-bond donors (Lipinski definition) is 2. The van der Waals surface area contributed by atoms with Gasteiger partial charge in [-0.3, -0.25) is 4.90 Å². The first-order chi connectivity index (χ1) is 6.11. The fourth-order valence-corrected chi connectivity index (χ4v) is 2.42. The number of carbonyl (C=O) groups is 1. The summed E-state index contributed by atoms with van der Waals surface area (Å²) in [6.07, 6.45) is -2.00. The van der Waals surface area contributed by atoms with Crippen LogP contribution in [0.5, 0.6) is 0 Å². The minimum Gasteiger partial charge on any atom is -0.465 e. The molecule has 0 aromatic rings. The van der Waals surface area contributed by atoms with Crippen LogP contribution in [0.1, 0.15) is 19.3 Å². The molecule has 2 rings (SSSR count). The Labute approximate surface area is 75.0 Å². The predicted octanol–water partition coefficient (Wildman–Crippen LogP) is 0.600. The summed E-state index contributed by atoms with van der Waals surface area (Å²) in [5.74, 6) is 0. The topological polar surface area (TPSA) is 60.8 Å². The molecule has 13 heavy (non-hydrogen) atoms. The van der Waals surface area contributed by atoms with Crippen molar-refractivity contribution in [1.29, 1.82) is 0 Å².